The van der Waals surface area contributed by atoms with E-state index in [9.17, 15) is 4.79 Å². The molecule has 1 aliphatic heterocycles. The molecule has 8 nitrogen and oxygen atoms in total. The second kappa shape index (κ2) is 9.72. The molecule has 2 heterocycles. The van der Waals surface area contributed by atoms with E-state index in [1.54, 1.807) is 11.8 Å². The molecule has 0 saturated carbocycles. The summed E-state index contributed by atoms with van der Waals surface area (Å²) in [5.41, 5.74) is 3.65. The van der Waals surface area contributed by atoms with E-state index in [0.717, 1.165) is 11.1 Å². The standard InChI is InChI=1S/C27H25N5O3/c1-18-23(26(33)31-20-12-7-4-8-13-20)24(32-27(30-18)28-17-29-32)21-14-9-15-22(34-2)25(21)35-16-19-10-5-3-6-11-19/h3-15,17,24H,16H2,1-2H3,(H,31,33)(H,28,29,30)/t24-/m0/s1. The molecule has 1 aromatic heterocycles. The number of aromatic nitrogens is 3. The van der Waals surface area contributed by atoms with Crippen molar-refractivity contribution < 1.29 is 14.3 Å². The van der Waals surface area contributed by atoms with Crippen molar-refractivity contribution in [3.8, 4) is 11.5 Å². The first kappa shape index (κ1) is 22.2. The minimum atomic E-state index is -0.585. The number of carbonyl (C=O) groups is 1. The Morgan fingerprint density at radius 2 is 1.77 bits per heavy atom. The maximum atomic E-state index is 13.6. The van der Waals surface area contributed by atoms with E-state index in [4.69, 9.17) is 9.47 Å². The van der Waals surface area contributed by atoms with Crippen LogP contribution in [0.5, 0.6) is 11.5 Å². The fraction of sp³-hybridized carbons (Fsp3) is 0.148. The number of nitrogens with one attached hydrogen (secondary N) is 2. The first-order valence-corrected chi connectivity index (χ1v) is 11.2. The number of rotatable bonds is 7. The van der Waals surface area contributed by atoms with Gasteiger partial charge in [0.05, 0.1) is 12.7 Å². The summed E-state index contributed by atoms with van der Waals surface area (Å²) in [6, 6.07) is 24.3. The van der Waals surface area contributed by atoms with Gasteiger partial charge in [-0.25, -0.2) is 4.68 Å². The van der Waals surface area contributed by atoms with E-state index < -0.39 is 6.04 Å². The number of methoxy groups -OCH3 is 1. The lowest BCUT2D eigenvalue weighted by atomic mass is 9.94. The van der Waals surface area contributed by atoms with Crippen LogP contribution in [0.25, 0.3) is 0 Å². The highest BCUT2D eigenvalue weighted by atomic mass is 16.5. The van der Waals surface area contributed by atoms with Crippen molar-refractivity contribution in [2.24, 2.45) is 0 Å². The van der Waals surface area contributed by atoms with Crippen LogP contribution in [0.15, 0.2) is 96.5 Å². The van der Waals surface area contributed by atoms with E-state index in [1.807, 2.05) is 85.8 Å². The Morgan fingerprint density at radius 1 is 1.03 bits per heavy atom. The lowest BCUT2D eigenvalue weighted by molar-refractivity contribution is -0.113. The van der Waals surface area contributed by atoms with Crippen LogP contribution >= 0.6 is 0 Å². The number of hydrogen-bond donors (Lipinski definition) is 2. The van der Waals surface area contributed by atoms with Gasteiger partial charge in [-0.1, -0.05) is 60.7 Å². The molecule has 2 N–H and O–H groups in total. The van der Waals surface area contributed by atoms with Gasteiger partial charge in [0.1, 0.15) is 19.0 Å². The van der Waals surface area contributed by atoms with Gasteiger partial charge in [-0.05, 0) is 30.7 Å². The Hall–Kier alpha value is -4.59. The molecular formula is C27H25N5O3. The summed E-state index contributed by atoms with van der Waals surface area (Å²) >= 11 is 0. The molecule has 0 spiro atoms. The Balaban J connectivity index is 1.58. The highest BCUT2D eigenvalue weighted by Gasteiger charge is 2.36. The molecule has 1 atom stereocenters. The number of anilines is 2. The SMILES string of the molecule is COc1cccc([C@H]2C(C(=O)Nc3ccccc3)=C(C)Nc3ncnn32)c1OCc1ccccc1. The summed E-state index contributed by atoms with van der Waals surface area (Å²) < 4.78 is 13.7. The van der Waals surface area contributed by atoms with Crippen molar-refractivity contribution in [1.29, 1.82) is 0 Å². The molecule has 0 aliphatic carbocycles. The predicted molar refractivity (Wildman–Crippen MR) is 133 cm³/mol. The topological polar surface area (TPSA) is 90.3 Å². The number of benzene rings is 3. The second-order valence-electron chi connectivity index (χ2n) is 8.07. The summed E-state index contributed by atoms with van der Waals surface area (Å²) in [7, 11) is 1.60. The van der Waals surface area contributed by atoms with Crippen LogP contribution < -0.4 is 20.1 Å². The summed E-state index contributed by atoms with van der Waals surface area (Å²) in [4.78, 5) is 17.9. The first-order chi connectivity index (χ1) is 17.2. The van der Waals surface area contributed by atoms with Crippen LogP contribution in [0.1, 0.15) is 24.1 Å². The molecule has 0 bridgehead atoms. The molecule has 0 radical (unpaired) electrons. The fourth-order valence-electron chi connectivity index (χ4n) is 4.19. The number of allylic oxidation sites excluding steroid dienone is 1. The molecule has 1 amide bonds. The molecule has 0 saturated heterocycles. The Labute approximate surface area is 203 Å². The highest BCUT2D eigenvalue weighted by molar-refractivity contribution is 6.06. The van der Waals surface area contributed by atoms with Gasteiger partial charge in [-0.15, -0.1) is 0 Å². The van der Waals surface area contributed by atoms with Crippen LogP contribution in [0.4, 0.5) is 11.6 Å². The van der Waals surface area contributed by atoms with Crippen LogP contribution in [-0.2, 0) is 11.4 Å². The van der Waals surface area contributed by atoms with Gasteiger partial charge in [0.15, 0.2) is 11.5 Å². The van der Waals surface area contributed by atoms with Crippen molar-refractivity contribution in [2.45, 2.75) is 19.6 Å². The zero-order chi connectivity index (χ0) is 24.2. The zero-order valence-electron chi connectivity index (χ0n) is 19.4. The quantitative estimate of drug-likeness (QED) is 0.406. The van der Waals surface area contributed by atoms with Crippen LogP contribution in [-0.4, -0.2) is 27.8 Å². The first-order valence-electron chi connectivity index (χ1n) is 11.2. The summed E-state index contributed by atoms with van der Waals surface area (Å²) in [6.45, 7) is 2.20. The van der Waals surface area contributed by atoms with Gasteiger partial charge < -0.3 is 20.1 Å². The lowest BCUT2D eigenvalue weighted by Crippen LogP contribution is -2.31. The Bertz CT molecular complexity index is 1370. The molecule has 8 heteroatoms. The predicted octanol–water partition coefficient (Wildman–Crippen LogP) is 4.79. The van der Waals surface area contributed by atoms with E-state index in [2.05, 4.69) is 20.7 Å². The molecule has 0 unspecified atom stereocenters. The average Bonchev–Trinajstić information content (AvgIpc) is 3.35. The van der Waals surface area contributed by atoms with Gasteiger partial charge in [0, 0.05) is 16.9 Å². The highest BCUT2D eigenvalue weighted by Crippen LogP contribution is 2.43. The average molecular weight is 468 g/mol. The third-order valence-corrected chi connectivity index (χ3v) is 5.82. The summed E-state index contributed by atoms with van der Waals surface area (Å²) in [6.07, 6.45) is 1.46. The van der Waals surface area contributed by atoms with E-state index in [-0.39, 0.29) is 5.91 Å². The molecular weight excluding hydrogens is 442 g/mol. The number of fused-ring (bicyclic) bond motifs is 1. The minimum absolute atomic E-state index is 0.246. The van der Waals surface area contributed by atoms with Crippen molar-refractivity contribution in [3.05, 3.63) is 108 Å². The maximum Gasteiger partial charge on any atom is 0.255 e. The molecule has 3 aromatic carbocycles. The molecule has 1 aliphatic rings. The lowest BCUT2D eigenvalue weighted by Gasteiger charge is -2.30. The van der Waals surface area contributed by atoms with Gasteiger partial charge in [-0.3, -0.25) is 4.79 Å². The monoisotopic (exact) mass is 467 g/mol. The molecule has 176 valence electrons. The van der Waals surface area contributed by atoms with Crippen LogP contribution in [0.3, 0.4) is 0 Å². The zero-order valence-corrected chi connectivity index (χ0v) is 19.4. The van der Waals surface area contributed by atoms with Crippen molar-refractivity contribution in [3.63, 3.8) is 0 Å². The third-order valence-electron chi connectivity index (χ3n) is 5.82. The van der Waals surface area contributed by atoms with Gasteiger partial charge in [0.25, 0.3) is 5.91 Å². The Kier molecular flexibility index (Phi) is 6.17. The maximum absolute atomic E-state index is 13.6. The molecule has 35 heavy (non-hydrogen) atoms. The Morgan fingerprint density at radius 3 is 2.51 bits per heavy atom. The molecule has 5 rings (SSSR count). The molecule has 0 fully saturated rings. The number of nitrogens with zero attached hydrogens (tertiary/aromatic N) is 3. The third kappa shape index (κ3) is 4.46. The van der Waals surface area contributed by atoms with Gasteiger partial charge in [-0.2, -0.15) is 10.1 Å². The van der Waals surface area contributed by atoms with Crippen LogP contribution in [0, 0.1) is 0 Å². The van der Waals surface area contributed by atoms with E-state index >= 15 is 0 Å². The normalized spacial score (nSPS) is 14.6. The largest absolute Gasteiger partial charge is 0.493 e. The summed E-state index contributed by atoms with van der Waals surface area (Å²) in [5, 5.41) is 10.6. The molecule has 4 aromatic rings. The second-order valence-corrected chi connectivity index (χ2v) is 8.07. The van der Waals surface area contributed by atoms with Crippen LogP contribution in [0.2, 0.25) is 0 Å². The van der Waals surface area contributed by atoms with Crippen molar-refractivity contribution in [1.82, 2.24) is 14.8 Å². The number of ether oxygens (including phenoxy) is 2. The number of amides is 1. The number of carbonyl (C=O) groups excluding carboxylic acids is 1. The fourth-order valence-corrected chi connectivity index (χ4v) is 4.19. The summed E-state index contributed by atoms with van der Waals surface area (Å²) in [5.74, 6) is 1.41. The van der Waals surface area contributed by atoms with E-state index in [1.165, 1.54) is 6.33 Å². The van der Waals surface area contributed by atoms with Gasteiger partial charge >= 0.3 is 0 Å². The smallest absolute Gasteiger partial charge is 0.255 e. The van der Waals surface area contributed by atoms with E-state index in [0.29, 0.717) is 41.0 Å². The van der Waals surface area contributed by atoms with Crippen molar-refractivity contribution >= 4 is 17.5 Å². The number of hydrogen-bond acceptors (Lipinski definition) is 6. The number of para-hydroxylation sites is 2. The van der Waals surface area contributed by atoms with Gasteiger partial charge in [0.2, 0.25) is 5.95 Å². The van der Waals surface area contributed by atoms with Crippen molar-refractivity contribution in [2.75, 3.05) is 17.7 Å². The minimum Gasteiger partial charge on any atom is -0.493 e.